The van der Waals surface area contributed by atoms with Crippen molar-refractivity contribution in [2.45, 2.75) is 25.4 Å². The van der Waals surface area contributed by atoms with Crippen molar-refractivity contribution in [2.24, 2.45) is 0 Å². The molecule has 1 atom stereocenters. The third-order valence-corrected chi connectivity index (χ3v) is 3.54. The van der Waals surface area contributed by atoms with Crippen LogP contribution in [-0.2, 0) is 13.0 Å². The Balaban J connectivity index is 1.57. The zero-order valence-electron chi connectivity index (χ0n) is 10.6. The van der Waals surface area contributed by atoms with Crippen molar-refractivity contribution in [3.05, 3.63) is 35.1 Å². The monoisotopic (exact) mass is 336 g/mol. The average Bonchev–Trinajstić information content (AvgIpc) is 2.86. The van der Waals surface area contributed by atoms with Gasteiger partial charge in [-0.05, 0) is 28.4 Å². The minimum absolute atomic E-state index is 0.0595. The molecule has 2 amide bonds. The van der Waals surface area contributed by atoms with Crippen LogP contribution in [0.5, 0.6) is 0 Å². The van der Waals surface area contributed by atoms with Crippen molar-refractivity contribution in [3.8, 4) is 0 Å². The van der Waals surface area contributed by atoms with E-state index in [0.29, 0.717) is 12.2 Å². The summed E-state index contributed by atoms with van der Waals surface area (Å²) in [5, 5.41) is 9.82. The highest BCUT2D eigenvalue weighted by molar-refractivity contribution is 9.10. The number of fused-ring (bicyclic) bond motifs is 1. The molecule has 0 spiro atoms. The van der Waals surface area contributed by atoms with Crippen LogP contribution in [0.1, 0.15) is 12.2 Å². The Kier molecular flexibility index (Phi) is 3.64. The van der Waals surface area contributed by atoms with Gasteiger partial charge in [0.1, 0.15) is 12.2 Å². The summed E-state index contributed by atoms with van der Waals surface area (Å²) < 4.78 is 2.65. The summed E-state index contributed by atoms with van der Waals surface area (Å²) in [6.45, 7) is 0.652. The van der Waals surface area contributed by atoms with Gasteiger partial charge in [-0.15, -0.1) is 0 Å². The number of hydrogen-bond acceptors (Lipinski definition) is 4. The first-order valence-corrected chi connectivity index (χ1v) is 7.05. The summed E-state index contributed by atoms with van der Waals surface area (Å²) in [6, 6.07) is 1.62. The summed E-state index contributed by atoms with van der Waals surface area (Å²) in [5.41, 5.74) is 0.647. The summed E-state index contributed by atoms with van der Waals surface area (Å²) in [4.78, 5) is 20.1. The van der Waals surface area contributed by atoms with Gasteiger partial charge >= 0.3 is 6.03 Å². The van der Waals surface area contributed by atoms with Gasteiger partial charge in [0.05, 0.1) is 24.5 Å². The minimum Gasteiger partial charge on any atom is -0.333 e. The number of pyridine rings is 1. The molecule has 7 nitrogen and oxygen atoms in total. The van der Waals surface area contributed by atoms with Crippen molar-refractivity contribution in [3.63, 3.8) is 0 Å². The zero-order valence-corrected chi connectivity index (χ0v) is 12.2. The number of carbonyl (C=O) groups is 1. The van der Waals surface area contributed by atoms with Crippen LogP contribution in [0.4, 0.5) is 10.5 Å². The molecule has 1 aliphatic rings. The van der Waals surface area contributed by atoms with E-state index in [1.54, 1.807) is 24.8 Å². The first kappa shape index (κ1) is 13.0. The number of nitrogens with zero attached hydrogens (tertiary/aromatic N) is 4. The van der Waals surface area contributed by atoms with Crippen LogP contribution in [0.2, 0.25) is 0 Å². The predicted molar refractivity (Wildman–Crippen MR) is 76.2 cm³/mol. The van der Waals surface area contributed by atoms with Crippen molar-refractivity contribution < 1.29 is 4.79 Å². The van der Waals surface area contributed by atoms with Crippen molar-refractivity contribution >= 4 is 27.6 Å². The number of nitrogens with one attached hydrogen (secondary N) is 2. The van der Waals surface area contributed by atoms with Crippen LogP contribution in [0.25, 0.3) is 0 Å². The average molecular weight is 337 g/mol. The Hall–Kier alpha value is -1.96. The summed E-state index contributed by atoms with van der Waals surface area (Å²) in [5.74, 6) is 0.972. The van der Waals surface area contributed by atoms with E-state index in [1.807, 2.05) is 4.68 Å². The fourth-order valence-corrected chi connectivity index (χ4v) is 2.55. The number of hydrogen-bond donors (Lipinski definition) is 2. The first-order valence-electron chi connectivity index (χ1n) is 6.25. The lowest BCUT2D eigenvalue weighted by molar-refractivity contribution is 0.243. The minimum atomic E-state index is -0.238. The summed E-state index contributed by atoms with van der Waals surface area (Å²) in [6.07, 6.45) is 6.49. The molecule has 3 heterocycles. The maximum absolute atomic E-state index is 11.9. The van der Waals surface area contributed by atoms with E-state index in [9.17, 15) is 4.79 Å². The van der Waals surface area contributed by atoms with Gasteiger partial charge in [0.2, 0.25) is 0 Å². The van der Waals surface area contributed by atoms with Crippen LogP contribution >= 0.6 is 15.9 Å². The fraction of sp³-hybridized carbons (Fsp3) is 0.333. The summed E-state index contributed by atoms with van der Waals surface area (Å²) >= 11 is 3.31. The van der Waals surface area contributed by atoms with E-state index in [4.69, 9.17) is 0 Å². The molecular formula is C12H13BrN6O. The van der Waals surface area contributed by atoms with E-state index in [0.717, 1.165) is 23.1 Å². The Morgan fingerprint density at radius 1 is 1.45 bits per heavy atom. The molecule has 0 aliphatic carbocycles. The van der Waals surface area contributed by atoms with Gasteiger partial charge in [0.25, 0.3) is 0 Å². The molecule has 0 saturated carbocycles. The number of halogens is 1. The number of anilines is 1. The Bertz CT molecular complexity index is 628. The normalized spacial score (nSPS) is 17.4. The number of rotatable bonds is 2. The molecule has 2 aromatic heterocycles. The maximum Gasteiger partial charge on any atom is 0.319 e. The second kappa shape index (κ2) is 5.58. The molecule has 8 heteroatoms. The lowest BCUT2D eigenvalue weighted by atomic mass is 10.1. The maximum atomic E-state index is 11.9. The van der Waals surface area contributed by atoms with E-state index >= 15 is 0 Å². The molecule has 0 saturated heterocycles. The molecule has 104 valence electrons. The number of aromatic nitrogens is 4. The topological polar surface area (TPSA) is 84.7 Å². The third kappa shape index (κ3) is 2.96. The Morgan fingerprint density at radius 3 is 3.20 bits per heavy atom. The lowest BCUT2D eigenvalue weighted by Gasteiger charge is -2.23. The van der Waals surface area contributed by atoms with Gasteiger partial charge in [0.15, 0.2) is 0 Å². The smallest absolute Gasteiger partial charge is 0.319 e. The highest BCUT2D eigenvalue weighted by atomic mass is 79.9. The first-order chi connectivity index (χ1) is 9.70. The van der Waals surface area contributed by atoms with Gasteiger partial charge in [-0.25, -0.2) is 14.5 Å². The molecule has 20 heavy (non-hydrogen) atoms. The van der Waals surface area contributed by atoms with Crippen molar-refractivity contribution in [2.75, 3.05) is 5.32 Å². The Labute approximate surface area is 123 Å². The fourth-order valence-electron chi connectivity index (χ4n) is 2.19. The van der Waals surface area contributed by atoms with E-state index in [1.165, 1.54) is 0 Å². The molecule has 0 unspecified atom stereocenters. The van der Waals surface area contributed by atoms with Crippen LogP contribution < -0.4 is 10.6 Å². The molecular weight excluding hydrogens is 324 g/mol. The van der Waals surface area contributed by atoms with Gasteiger partial charge < -0.3 is 10.6 Å². The van der Waals surface area contributed by atoms with Gasteiger partial charge in [0, 0.05) is 17.1 Å². The molecule has 2 N–H and O–H groups in total. The highest BCUT2D eigenvalue weighted by Crippen LogP contribution is 2.14. The molecule has 0 bridgehead atoms. The molecule has 0 fully saturated rings. The number of aryl methyl sites for hydroxylation is 1. The van der Waals surface area contributed by atoms with E-state index < -0.39 is 0 Å². The Morgan fingerprint density at radius 2 is 2.35 bits per heavy atom. The predicted octanol–water partition coefficient (Wildman–Crippen LogP) is 1.57. The molecule has 0 radical (unpaired) electrons. The molecule has 3 rings (SSSR count). The SMILES string of the molecule is O=C(Nc1cncc(Br)c1)N[C@H]1CCc2ncnn2C1. The largest absolute Gasteiger partial charge is 0.333 e. The number of carbonyl (C=O) groups excluding carboxylic acids is 1. The van der Waals surface area contributed by atoms with E-state index in [2.05, 4.69) is 41.6 Å². The zero-order chi connectivity index (χ0) is 13.9. The number of amides is 2. The number of urea groups is 1. The summed E-state index contributed by atoms with van der Waals surface area (Å²) in [7, 11) is 0. The quantitative estimate of drug-likeness (QED) is 0.871. The van der Waals surface area contributed by atoms with Crippen molar-refractivity contribution in [1.29, 1.82) is 0 Å². The van der Waals surface area contributed by atoms with Crippen LogP contribution in [0, 0.1) is 0 Å². The second-order valence-corrected chi connectivity index (χ2v) is 5.50. The van der Waals surface area contributed by atoms with Crippen molar-refractivity contribution in [1.82, 2.24) is 25.1 Å². The van der Waals surface area contributed by atoms with Gasteiger partial charge in [-0.1, -0.05) is 0 Å². The standard InChI is InChI=1S/C12H13BrN6O/c13-8-3-10(5-14-4-8)18-12(20)17-9-1-2-11-15-7-16-19(11)6-9/h3-5,7,9H,1-2,6H2,(H2,17,18,20)/t9-/m0/s1. The van der Waals surface area contributed by atoms with Crippen LogP contribution in [-0.4, -0.2) is 31.8 Å². The van der Waals surface area contributed by atoms with Crippen LogP contribution in [0.15, 0.2) is 29.3 Å². The highest BCUT2D eigenvalue weighted by Gasteiger charge is 2.21. The molecule has 2 aromatic rings. The van der Waals surface area contributed by atoms with Gasteiger partial charge in [-0.3, -0.25) is 4.98 Å². The lowest BCUT2D eigenvalue weighted by Crippen LogP contribution is -2.43. The molecule has 0 aromatic carbocycles. The molecule has 1 aliphatic heterocycles. The third-order valence-electron chi connectivity index (χ3n) is 3.10. The van der Waals surface area contributed by atoms with Gasteiger partial charge in [-0.2, -0.15) is 5.10 Å². The van der Waals surface area contributed by atoms with E-state index in [-0.39, 0.29) is 12.1 Å². The van der Waals surface area contributed by atoms with Crippen LogP contribution in [0.3, 0.4) is 0 Å². The second-order valence-electron chi connectivity index (χ2n) is 4.58.